The van der Waals surface area contributed by atoms with Crippen molar-refractivity contribution >= 4 is 0 Å². The van der Waals surface area contributed by atoms with E-state index < -0.39 is 0 Å². The molecule has 0 amide bonds. The van der Waals surface area contributed by atoms with Crippen LogP contribution in [0.4, 0.5) is 0 Å². The van der Waals surface area contributed by atoms with E-state index in [4.69, 9.17) is 17.9 Å². The minimum atomic E-state index is -0.366. The highest BCUT2D eigenvalue weighted by Crippen LogP contribution is 1.99. The minimum Gasteiger partial charge on any atom is -0.329 e. The van der Waals surface area contributed by atoms with Crippen LogP contribution >= 0.6 is 0 Å². The molecule has 0 aliphatic carbocycles. The van der Waals surface area contributed by atoms with Crippen LogP contribution in [0.5, 0.6) is 0 Å². The lowest BCUT2D eigenvalue weighted by Gasteiger charge is -2.17. The first kappa shape index (κ1) is 7.48. The van der Waals surface area contributed by atoms with Crippen LogP contribution < -0.4 is 11.5 Å². The highest BCUT2D eigenvalue weighted by atomic mass is 14.8. The molecule has 0 aromatic heterocycles. The molecule has 0 saturated heterocycles. The Labute approximate surface area is 50.2 Å². The fraction of sp³-hybridized carbons (Fsp3) is 0.667. The maximum Gasteiger partial charge on any atom is 0.0360 e. The van der Waals surface area contributed by atoms with E-state index in [0.29, 0.717) is 13.0 Å². The van der Waals surface area contributed by atoms with E-state index in [1.165, 1.54) is 0 Å². The Morgan fingerprint density at radius 2 is 2.25 bits per heavy atom. The molecule has 1 unspecified atom stereocenters. The summed E-state index contributed by atoms with van der Waals surface area (Å²) >= 11 is 0. The van der Waals surface area contributed by atoms with Crippen LogP contribution in [0, 0.1) is 12.3 Å². The third-order valence-corrected chi connectivity index (χ3v) is 0.972. The van der Waals surface area contributed by atoms with Crippen molar-refractivity contribution in [3.8, 4) is 12.3 Å². The Morgan fingerprint density at radius 3 is 2.38 bits per heavy atom. The van der Waals surface area contributed by atoms with Gasteiger partial charge in [0, 0.05) is 18.5 Å². The molecule has 0 saturated carbocycles. The molecule has 0 spiro atoms. The first-order valence-electron chi connectivity index (χ1n) is 2.55. The maximum atomic E-state index is 5.56. The van der Waals surface area contributed by atoms with E-state index in [1.807, 2.05) is 6.92 Å². The Balaban J connectivity index is 3.58. The quantitative estimate of drug-likeness (QED) is 0.481. The third kappa shape index (κ3) is 2.62. The first-order valence-corrected chi connectivity index (χ1v) is 2.55. The van der Waals surface area contributed by atoms with Crippen LogP contribution in [-0.2, 0) is 0 Å². The molecule has 0 bridgehead atoms. The lowest BCUT2D eigenvalue weighted by Crippen LogP contribution is -2.43. The average Bonchev–Trinajstić information content (AvgIpc) is 1.67. The number of hydrogen-bond acceptors (Lipinski definition) is 2. The van der Waals surface area contributed by atoms with Crippen molar-refractivity contribution < 1.29 is 0 Å². The molecule has 0 aliphatic heterocycles. The molecular weight excluding hydrogens is 100 g/mol. The van der Waals surface area contributed by atoms with E-state index >= 15 is 0 Å². The summed E-state index contributed by atoms with van der Waals surface area (Å²) in [5.74, 6) is 2.45. The molecule has 8 heavy (non-hydrogen) atoms. The van der Waals surface area contributed by atoms with Gasteiger partial charge in [0.05, 0.1) is 0 Å². The summed E-state index contributed by atoms with van der Waals surface area (Å²) in [7, 11) is 0. The fourth-order valence-electron chi connectivity index (χ4n) is 0.305. The molecule has 0 aromatic carbocycles. The van der Waals surface area contributed by atoms with Gasteiger partial charge < -0.3 is 11.5 Å². The molecule has 0 aromatic rings. The zero-order valence-corrected chi connectivity index (χ0v) is 5.15. The molecule has 0 aliphatic rings. The number of terminal acetylenes is 1. The summed E-state index contributed by atoms with van der Waals surface area (Å²) < 4.78 is 0. The summed E-state index contributed by atoms with van der Waals surface area (Å²) in [5.41, 5.74) is 10.5. The molecule has 46 valence electrons. The molecule has 1 atom stereocenters. The summed E-state index contributed by atoms with van der Waals surface area (Å²) in [6, 6.07) is 0. The molecule has 0 fully saturated rings. The van der Waals surface area contributed by atoms with E-state index in [1.54, 1.807) is 0 Å². The Kier molecular flexibility index (Phi) is 2.53. The van der Waals surface area contributed by atoms with E-state index in [0.717, 1.165) is 0 Å². The topological polar surface area (TPSA) is 52.0 Å². The van der Waals surface area contributed by atoms with Crippen molar-refractivity contribution in [2.24, 2.45) is 11.5 Å². The van der Waals surface area contributed by atoms with Gasteiger partial charge in [0.1, 0.15) is 0 Å². The number of nitrogens with two attached hydrogens (primary N) is 2. The predicted molar refractivity (Wildman–Crippen MR) is 35.1 cm³/mol. The van der Waals surface area contributed by atoms with Gasteiger partial charge >= 0.3 is 0 Å². The molecule has 0 rings (SSSR count). The summed E-state index contributed by atoms with van der Waals surface area (Å²) in [6.45, 7) is 2.28. The van der Waals surface area contributed by atoms with E-state index in [-0.39, 0.29) is 5.54 Å². The lowest BCUT2D eigenvalue weighted by atomic mass is 10.0. The molecule has 0 radical (unpaired) electrons. The van der Waals surface area contributed by atoms with Gasteiger partial charge in [0.2, 0.25) is 0 Å². The number of rotatable bonds is 2. The van der Waals surface area contributed by atoms with Crippen LogP contribution in [0.1, 0.15) is 13.3 Å². The highest BCUT2D eigenvalue weighted by Gasteiger charge is 2.12. The first-order chi connectivity index (χ1) is 3.62. The van der Waals surface area contributed by atoms with Gasteiger partial charge in [-0.15, -0.1) is 12.3 Å². The molecule has 0 heterocycles. The Hall–Kier alpha value is -0.520. The summed E-state index contributed by atoms with van der Waals surface area (Å²) in [5, 5.41) is 0. The molecule has 2 nitrogen and oxygen atoms in total. The molecular formula is C6H12N2. The van der Waals surface area contributed by atoms with E-state index in [9.17, 15) is 0 Å². The summed E-state index contributed by atoms with van der Waals surface area (Å²) in [4.78, 5) is 0. The smallest absolute Gasteiger partial charge is 0.0360 e. The van der Waals surface area contributed by atoms with Crippen LogP contribution in [0.3, 0.4) is 0 Å². The second-order valence-corrected chi connectivity index (χ2v) is 2.24. The van der Waals surface area contributed by atoms with Crippen LogP contribution in [-0.4, -0.2) is 12.1 Å². The fourth-order valence-corrected chi connectivity index (χ4v) is 0.305. The molecule has 2 heteroatoms. The van der Waals surface area contributed by atoms with E-state index in [2.05, 4.69) is 5.92 Å². The zero-order valence-electron chi connectivity index (χ0n) is 5.15. The Bertz CT molecular complexity index is 99.6. The van der Waals surface area contributed by atoms with Gasteiger partial charge in [-0.05, 0) is 6.92 Å². The normalized spacial score (nSPS) is 16.8. The van der Waals surface area contributed by atoms with Gasteiger partial charge in [0.25, 0.3) is 0 Å². The lowest BCUT2D eigenvalue weighted by molar-refractivity contribution is 0.494. The monoisotopic (exact) mass is 112 g/mol. The number of hydrogen-bond donors (Lipinski definition) is 2. The van der Waals surface area contributed by atoms with Crippen molar-refractivity contribution in [2.45, 2.75) is 18.9 Å². The zero-order chi connectivity index (χ0) is 6.62. The van der Waals surface area contributed by atoms with Crippen LogP contribution in [0.25, 0.3) is 0 Å². The SMILES string of the molecule is C#CCC(C)(N)CN. The molecule has 4 N–H and O–H groups in total. The van der Waals surface area contributed by atoms with Crippen LogP contribution in [0.2, 0.25) is 0 Å². The van der Waals surface area contributed by atoms with Gasteiger partial charge in [-0.1, -0.05) is 0 Å². The van der Waals surface area contributed by atoms with Gasteiger partial charge in [-0.3, -0.25) is 0 Å². The minimum absolute atomic E-state index is 0.366. The Morgan fingerprint density at radius 1 is 1.75 bits per heavy atom. The van der Waals surface area contributed by atoms with Crippen molar-refractivity contribution in [2.75, 3.05) is 6.54 Å². The van der Waals surface area contributed by atoms with Crippen molar-refractivity contribution in [3.05, 3.63) is 0 Å². The van der Waals surface area contributed by atoms with Gasteiger partial charge in [0.15, 0.2) is 0 Å². The second kappa shape index (κ2) is 2.71. The standard InChI is InChI=1S/C6H12N2/c1-3-4-6(2,8)5-7/h1H,4-5,7-8H2,2H3. The van der Waals surface area contributed by atoms with Crippen molar-refractivity contribution in [1.82, 2.24) is 0 Å². The second-order valence-electron chi connectivity index (χ2n) is 2.24. The van der Waals surface area contributed by atoms with Crippen molar-refractivity contribution in [3.63, 3.8) is 0 Å². The predicted octanol–water partition coefficient (Wildman–Crippen LogP) is -0.314. The van der Waals surface area contributed by atoms with Crippen molar-refractivity contribution in [1.29, 1.82) is 0 Å². The largest absolute Gasteiger partial charge is 0.329 e. The maximum absolute atomic E-state index is 5.56. The third-order valence-electron chi connectivity index (χ3n) is 0.972. The highest BCUT2D eigenvalue weighted by molar-refractivity contribution is 4.96. The van der Waals surface area contributed by atoms with Gasteiger partial charge in [-0.25, -0.2) is 0 Å². The average molecular weight is 112 g/mol. The van der Waals surface area contributed by atoms with Gasteiger partial charge in [-0.2, -0.15) is 0 Å². The van der Waals surface area contributed by atoms with Crippen LogP contribution in [0.15, 0.2) is 0 Å². The summed E-state index contributed by atoms with van der Waals surface area (Å²) in [6.07, 6.45) is 5.55.